The van der Waals surface area contributed by atoms with Crippen molar-refractivity contribution in [2.75, 3.05) is 30.8 Å². The molecule has 0 aromatic heterocycles. The summed E-state index contributed by atoms with van der Waals surface area (Å²) in [7, 11) is -2.67. The molecule has 8 nitrogen and oxygen atoms in total. The van der Waals surface area contributed by atoms with Crippen LogP contribution in [-0.4, -0.2) is 55.1 Å². The molecule has 1 saturated heterocycles. The summed E-state index contributed by atoms with van der Waals surface area (Å²) in [4.78, 5) is 14.0. The average molecular weight is 487 g/mol. The van der Waals surface area contributed by atoms with Crippen molar-refractivity contribution in [3.63, 3.8) is 0 Å². The first kappa shape index (κ1) is 23.6. The Morgan fingerprint density at radius 3 is 2.52 bits per heavy atom. The van der Waals surface area contributed by atoms with Crippen LogP contribution in [0.15, 0.2) is 41.3 Å². The van der Waals surface area contributed by atoms with Gasteiger partial charge in [-0.3, -0.25) is 4.90 Å². The summed E-state index contributed by atoms with van der Waals surface area (Å²) in [5, 5.41) is 15.9. The van der Waals surface area contributed by atoms with E-state index < -0.39 is 26.7 Å². The van der Waals surface area contributed by atoms with Gasteiger partial charge >= 0.3 is 6.03 Å². The first-order valence-corrected chi connectivity index (χ1v) is 11.9. The molecule has 1 unspecified atom stereocenters. The number of rotatable bonds is 6. The third-order valence-electron chi connectivity index (χ3n) is 5.25. The first-order chi connectivity index (χ1) is 14.7. The van der Waals surface area contributed by atoms with Gasteiger partial charge in [-0.15, -0.1) is 0 Å². The zero-order valence-electron chi connectivity index (χ0n) is 17.1. The molecule has 2 aromatic carbocycles. The zero-order valence-corrected chi connectivity index (χ0v) is 19.4. The van der Waals surface area contributed by atoms with E-state index in [2.05, 4.69) is 10.6 Å². The minimum absolute atomic E-state index is 0.0975. The Hall–Kier alpha value is -2.04. The number of sulfonamides is 1. The van der Waals surface area contributed by atoms with Gasteiger partial charge < -0.3 is 15.7 Å². The highest BCUT2D eigenvalue weighted by Gasteiger charge is 2.37. The SMILES string of the molecule is CCN1CCCC1N(C)S(=O)(=O)c1c(Cl)ccc(NC(=O)Nc2ccccc2Cl)c1O. The summed E-state index contributed by atoms with van der Waals surface area (Å²) in [5.41, 5.74) is 0.267. The van der Waals surface area contributed by atoms with Crippen molar-refractivity contribution in [2.24, 2.45) is 0 Å². The Balaban J connectivity index is 1.88. The number of nitrogens with zero attached hydrogens (tertiary/aromatic N) is 2. The van der Waals surface area contributed by atoms with E-state index in [1.54, 1.807) is 24.3 Å². The number of hydrogen-bond acceptors (Lipinski definition) is 5. The standard InChI is InChI=1S/C20H24Cl2N4O4S/c1-3-26-12-6-9-17(26)25(2)31(29,30)19-14(22)10-11-16(18(19)27)24-20(28)23-15-8-5-4-7-13(15)21/h4-5,7-8,10-11,17,27H,3,6,9,12H2,1-2H3,(H2,23,24,28). The molecule has 1 aliphatic heterocycles. The van der Waals surface area contributed by atoms with E-state index in [4.69, 9.17) is 23.2 Å². The fraction of sp³-hybridized carbons (Fsp3) is 0.350. The summed E-state index contributed by atoms with van der Waals surface area (Å²) in [6.45, 7) is 3.46. The number of phenolic OH excluding ortho intramolecular Hbond substituents is 1. The van der Waals surface area contributed by atoms with Gasteiger partial charge in [-0.05, 0) is 50.2 Å². The normalized spacial score (nSPS) is 17.1. The molecule has 1 atom stereocenters. The summed E-state index contributed by atoms with van der Waals surface area (Å²) in [6.07, 6.45) is 1.23. The molecule has 3 N–H and O–H groups in total. The van der Waals surface area contributed by atoms with Crippen LogP contribution >= 0.6 is 23.2 Å². The summed E-state index contributed by atoms with van der Waals surface area (Å²) >= 11 is 12.2. The number of hydrogen-bond donors (Lipinski definition) is 3. The second-order valence-corrected chi connectivity index (χ2v) is 9.85. The topological polar surface area (TPSA) is 102 Å². The molecule has 0 aliphatic carbocycles. The third kappa shape index (κ3) is 4.91. The van der Waals surface area contributed by atoms with E-state index in [9.17, 15) is 18.3 Å². The van der Waals surface area contributed by atoms with E-state index >= 15 is 0 Å². The molecule has 3 rings (SSSR count). The van der Waals surface area contributed by atoms with Gasteiger partial charge in [0.2, 0.25) is 10.0 Å². The van der Waals surface area contributed by atoms with Crippen LogP contribution in [0, 0.1) is 0 Å². The minimum atomic E-state index is -4.13. The van der Waals surface area contributed by atoms with Gasteiger partial charge in [0.25, 0.3) is 0 Å². The second-order valence-electron chi connectivity index (χ2n) is 7.10. The van der Waals surface area contributed by atoms with E-state index in [0.29, 0.717) is 23.7 Å². The van der Waals surface area contributed by atoms with Gasteiger partial charge in [0.1, 0.15) is 4.90 Å². The molecule has 11 heteroatoms. The second kappa shape index (κ2) is 9.62. The average Bonchev–Trinajstić information content (AvgIpc) is 3.20. The van der Waals surface area contributed by atoms with Gasteiger partial charge in [-0.2, -0.15) is 4.31 Å². The predicted molar refractivity (Wildman–Crippen MR) is 122 cm³/mol. The number of carbonyl (C=O) groups is 1. The van der Waals surface area contributed by atoms with Crippen LogP contribution in [0.1, 0.15) is 19.8 Å². The smallest absolute Gasteiger partial charge is 0.323 e. The molecule has 1 heterocycles. The number of likely N-dealkylation sites (tertiary alicyclic amines) is 1. The van der Waals surface area contributed by atoms with Gasteiger partial charge in [-0.25, -0.2) is 13.2 Å². The molecule has 0 radical (unpaired) electrons. The van der Waals surface area contributed by atoms with Gasteiger partial charge in [0.05, 0.1) is 27.6 Å². The van der Waals surface area contributed by atoms with Crippen LogP contribution in [0.5, 0.6) is 5.75 Å². The molecule has 0 saturated carbocycles. The Morgan fingerprint density at radius 2 is 1.84 bits per heavy atom. The van der Waals surface area contributed by atoms with Gasteiger partial charge in [0, 0.05) is 7.05 Å². The van der Waals surface area contributed by atoms with Crippen LogP contribution in [0.3, 0.4) is 0 Å². The number of halogens is 2. The van der Waals surface area contributed by atoms with E-state index in [1.165, 1.54) is 23.5 Å². The number of aromatic hydroxyl groups is 1. The fourth-order valence-electron chi connectivity index (χ4n) is 3.62. The molecular weight excluding hydrogens is 463 g/mol. The Labute approximate surface area is 191 Å². The van der Waals surface area contributed by atoms with Crippen molar-refractivity contribution in [1.29, 1.82) is 0 Å². The van der Waals surface area contributed by atoms with Crippen molar-refractivity contribution in [1.82, 2.24) is 9.21 Å². The summed E-state index contributed by atoms with van der Waals surface area (Å²) in [6, 6.07) is 8.58. The lowest BCUT2D eigenvalue weighted by Crippen LogP contribution is -2.45. The van der Waals surface area contributed by atoms with Crippen LogP contribution in [0.2, 0.25) is 10.0 Å². The highest BCUT2D eigenvalue weighted by atomic mass is 35.5. The van der Waals surface area contributed by atoms with E-state index in [-0.39, 0.29) is 16.9 Å². The van der Waals surface area contributed by atoms with Crippen LogP contribution in [0.25, 0.3) is 0 Å². The molecule has 31 heavy (non-hydrogen) atoms. The first-order valence-electron chi connectivity index (χ1n) is 9.73. The maximum absolute atomic E-state index is 13.3. The predicted octanol–water partition coefficient (Wildman–Crippen LogP) is 4.41. The van der Waals surface area contributed by atoms with Crippen LogP contribution in [-0.2, 0) is 10.0 Å². The molecule has 0 spiro atoms. The maximum atomic E-state index is 13.3. The molecule has 1 aliphatic rings. The largest absolute Gasteiger partial charge is 0.504 e. The van der Waals surface area contributed by atoms with Crippen LogP contribution in [0.4, 0.5) is 16.2 Å². The lowest BCUT2D eigenvalue weighted by Gasteiger charge is -2.31. The van der Waals surface area contributed by atoms with Crippen molar-refractivity contribution >= 4 is 50.6 Å². The monoisotopic (exact) mass is 486 g/mol. The third-order valence-corrected chi connectivity index (χ3v) is 7.93. The number of carbonyl (C=O) groups excluding carboxylic acids is 1. The van der Waals surface area contributed by atoms with Crippen molar-refractivity contribution in [3.8, 4) is 5.75 Å². The van der Waals surface area contributed by atoms with Crippen molar-refractivity contribution in [2.45, 2.75) is 30.8 Å². The highest BCUT2D eigenvalue weighted by Crippen LogP contribution is 2.39. The number of amides is 2. The molecule has 1 fully saturated rings. The molecular formula is C20H24Cl2N4O4S. The Morgan fingerprint density at radius 1 is 1.16 bits per heavy atom. The Bertz CT molecular complexity index is 1080. The number of para-hydroxylation sites is 1. The molecule has 2 aromatic rings. The highest BCUT2D eigenvalue weighted by molar-refractivity contribution is 7.89. The lowest BCUT2D eigenvalue weighted by molar-refractivity contribution is 0.168. The number of urea groups is 1. The van der Waals surface area contributed by atoms with Crippen molar-refractivity contribution in [3.05, 3.63) is 46.4 Å². The summed E-state index contributed by atoms with van der Waals surface area (Å²) < 4.78 is 27.8. The lowest BCUT2D eigenvalue weighted by atomic mass is 10.3. The quantitative estimate of drug-likeness (QED) is 0.524. The van der Waals surface area contributed by atoms with Crippen LogP contribution < -0.4 is 10.6 Å². The van der Waals surface area contributed by atoms with Crippen molar-refractivity contribution < 1.29 is 18.3 Å². The maximum Gasteiger partial charge on any atom is 0.323 e. The van der Waals surface area contributed by atoms with Gasteiger partial charge in [-0.1, -0.05) is 42.3 Å². The Kier molecular flexibility index (Phi) is 7.33. The van der Waals surface area contributed by atoms with Gasteiger partial charge in [0.15, 0.2) is 5.75 Å². The number of phenols is 1. The zero-order chi connectivity index (χ0) is 22.8. The summed E-state index contributed by atoms with van der Waals surface area (Å²) in [5.74, 6) is -0.630. The van der Waals surface area contributed by atoms with E-state index in [1.807, 2.05) is 11.8 Å². The number of nitrogens with one attached hydrogen (secondary N) is 2. The minimum Gasteiger partial charge on any atom is -0.504 e. The molecule has 168 valence electrons. The number of benzene rings is 2. The van der Waals surface area contributed by atoms with E-state index in [0.717, 1.165) is 13.0 Å². The fourth-order valence-corrected chi connectivity index (χ4v) is 5.77. The molecule has 2 amide bonds. The molecule has 0 bridgehead atoms. The number of anilines is 2.